The van der Waals surface area contributed by atoms with Crippen LogP contribution in [0.2, 0.25) is 10.0 Å². The molecule has 0 aliphatic heterocycles. The van der Waals surface area contributed by atoms with Gasteiger partial charge in [-0.25, -0.2) is 0 Å². The minimum atomic E-state index is -0.496. The average Bonchev–Trinajstić information content (AvgIpc) is 3.20. The number of amides is 2. The molecule has 0 bridgehead atoms. The average molecular weight is 496 g/mol. The summed E-state index contributed by atoms with van der Waals surface area (Å²) < 4.78 is 10.6. The first-order chi connectivity index (χ1) is 16.4. The van der Waals surface area contributed by atoms with E-state index in [1.807, 2.05) is 18.2 Å². The third kappa shape index (κ3) is 4.76. The van der Waals surface area contributed by atoms with Gasteiger partial charge < -0.3 is 19.9 Å². The van der Waals surface area contributed by atoms with Gasteiger partial charge in [0.05, 0.1) is 22.7 Å². The number of aromatic nitrogens is 1. The molecule has 2 amide bonds. The summed E-state index contributed by atoms with van der Waals surface area (Å²) in [7, 11) is 1.47. The van der Waals surface area contributed by atoms with E-state index in [0.29, 0.717) is 38.5 Å². The number of benzene rings is 3. The highest BCUT2D eigenvalue weighted by molar-refractivity contribution is 6.39. The Bertz CT molecular complexity index is 1350. The van der Waals surface area contributed by atoms with Crippen LogP contribution in [-0.2, 0) is 0 Å². The van der Waals surface area contributed by atoms with Crippen molar-refractivity contribution in [3.63, 3.8) is 0 Å². The minimum Gasteiger partial charge on any atom is -0.496 e. The first-order valence-electron chi connectivity index (χ1n) is 10.2. The molecule has 2 N–H and O–H groups in total. The predicted molar refractivity (Wildman–Crippen MR) is 132 cm³/mol. The molecule has 9 heteroatoms. The lowest BCUT2D eigenvalue weighted by atomic mass is 10.0. The number of hydrogen-bond acceptors (Lipinski definition) is 5. The lowest BCUT2D eigenvalue weighted by molar-refractivity contribution is 0.101. The largest absolute Gasteiger partial charge is 0.496 e. The zero-order valence-electron chi connectivity index (χ0n) is 18.2. The second kappa shape index (κ2) is 9.99. The summed E-state index contributed by atoms with van der Waals surface area (Å²) in [6.45, 7) is 1.61. The minimum absolute atomic E-state index is 0.182. The van der Waals surface area contributed by atoms with Crippen molar-refractivity contribution in [3.05, 3.63) is 93.7 Å². The lowest BCUT2D eigenvalue weighted by Crippen LogP contribution is -2.16. The number of para-hydroxylation sites is 1. The number of nitrogens with zero attached hydrogens (tertiary/aromatic N) is 1. The third-order valence-electron chi connectivity index (χ3n) is 5.02. The smallest absolute Gasteiger partial charge is 0.261 e. The molecule has 172 valence electrons. The van der Waals surface area contributed by atoms with Gasteiger partial charge in [-0.3, -0.25) is 9.59 Å². The Morgan fingerprint density at radius 3 is 2.24 bits per heavy atom. The fraction of sp³-hybridized carbons (Fsp3) is 0.0800. The standard InChI is InChI=1S/C25H19Cl2N3O4/c1-14-21(23(30-34-14)22-18(26)9-6-10-19(22)27)25(32)29-16-11-12-20(33-2)17(13-16)24(31)28-15-7-4-3-5-8-15/h3-13H,1-2H3,(H,28,31)(H,29,32). The quantitative estimate of drug-likeness (QED) is 0.319. The fourth-order valence-electron chi connectivity index (χ4n) is 3.41. The Balaban J connectivity index is 1.64. The number of hydrogen-bond donors (Lipinski definition) is 2. The maximum Gasteiger partial charge on any atom is 0.261 e. The highest BCUT2D eigenvalue weighted by Gasteiger charge is 2.25. The number of ether oxygens (including phenoxy) is 1. The van der Waals surface area contributed by atoms with E-state index in [9.17, 15) is 9.59 Å². The first-order valence-corrected chi connectivity index (χ1v) is 10.9. The lowest BCUT2D eigenvalue weighted by Gasteiger charge is -2.12. The third-order valence-corrected chi connectivity index (χ3v) is 5.65. The Labute approximate surface area is 205 Å². The van der Waals surface area contributed by atoms with Crippen LogP contribution in [0.25, 0.3) is 11.3 Å². The molecular weight excluding hydrogens is 477 g/mol. The van der Waals surface area contributed by atoms with Crippen molar-refractivity contribution in [1.29, 1.82) is 0 Å². The molecule has 34 heavy (non-hydrogen) atoms. The number of aryl methyl sites for hydroxylation is 1. The van der Waals surface area contributed by atoms with Crippen molar-refractivity contribution < 1.29 is 18.8 Å². The van der Waals surface area contributed by atoms with Gasteiger partial charge in [0, 0.05) is 16.9 Å². The topological polar surface area (TPSA) is 93.5 Å². The van der Waals surface area contributed by atoms with E-state index in [1.54, 1.807) is 49.4 Å². The maximum atomic E-state index is 13.2. The number of rotatable bonds is 6. The van der Waals surface area contributed by atoms with E-state index in [2.05, 4.69) is 15.8 Å². The molecule has 3 aromatic carbocycles. The summed E-state index contributed by atoms with van der Waals surface area (Å²) in [6, 6.07) is 18.8. The number of carbonyl (C=O) groups is 2. The summed E-state index contributed by atoms with van der Waals surface area (Å²) in [6.07, 6.45) is 0. The van der Waals surface area contributed by atoms with Gasteiger partial charge in [-0.05, 0) is 49.4 Å². The Morgan fingerprint density at radius 1 is 0.882 bits per heavy atom. The summed E-state index contributed by atoms with van der Waals surface area (Å²) >= 11 is 12.6. The maximum absolute atomic E-state index is 13.2. The van der Waals surface area contributed by atoms with Crippen LogP contribution in [0.3, 0.4) is 0 Å². The van der Waals surface area contributed by atoms with Crippen molar-refractivity contribution in [1.82, 2.24) is 5.16 Å². The number of halogens is 2. The van der Waals surface area contributed by atoms with Gasteiger partial charge in [-0.2, -0.15) is 0 Å². The fourth-order valence-corrected chi connectivity index (χ4v) is 3.99. The number of nitrogens with one attached hydrogen (secondary N) is 2. The molecular formula is C25H19Cl2N3O4. The predicted octanol–water partition coefficient (Wildman–Crippen LogP) is 6.47. The zero-order valence-corrected chi connectivity index (χ0v) is 19.7. The molecule has 0 aliphatic carbocycles. The highest BCUT2D eigenvalue weighted by atomic mass is 35.5. The van der Waals surface area contributed by atoms with Gasteiger partial charge in [0.2, 0.25) is 0 Å². The number of methoxy groups -OCH3 is 1. The molecule has 0 unspecified atom stereocenters. The second-order valence-corrected chi connectivity index (χ2v) is 8.06. The molecule has 0 spiro atoms. The highest BCUT2D eigenvalue weighted by Crippen LogP contribution is 2.37. The first kappa shape index (κ1) is 23.4. The van der Waals surface area contributed by atoms with Gasteiger partial charge in [-0.15, -0.1) is 0 Å². The van der Waals surface area contributed by atoms with E-state index in [-0.39, 0.29) is 22.7 Å². The Hall–Kier alpha value is -3.81. The molecule has 7 nitrogen and oxygen atoms in total. The van der Waals surface area contributed by atoms with Gasteiger partial charge in [0.25, 0.3) is 11.8 Å². The van der Waals surface area contributed by atoms with Crippen LogP contribution in [0, 0.1) is 6.92 Å². The molecule has 0 aliphatic rings. The van der Waals surface area contributed by atoms with Crippen LogP contribution in [-0.4, -0.2) is 24.1 Å². The van der Waals surface area contributed by atoms with Crippen LogP contribution >= 0.6 is 23.2 Å². The van der Waals surface area contributed by atoms with E-state index in [0.717, 1.165) is 0 Å². The molecule has 0 radical (unpaired) electrons. The van der Waals surface area contributed by atoms with E-state index >= 15 is 0 Å². The van der Waals surface area contributed by atoms with Gasteiger partial charge in [0.15, 0.2) is 0 Å². The number of anilines is 2. The Morgan fingerprint density at radius 2 is 1.56 bits per heavy atom. The summed E-state index contributed by atoms with van der Waals surface area (Å²) in [5.41, 5.74) is 2.06. The Kier molecular flexibility index (Phi) is 6.86. The van der Waals surface area contributed by atoms with Gasteiger partial charge in [0.1, 0.15) is 22.8 Å². The van der Waals surface area contributed by atoms with Crippen LogP contribution in [0.1, 0.15) is 26.5 Å². The van der Waals surface area contributed by atoms with Crippen LogP contribution in [0.5, 0.6) is 5.75 Å². The molecule has 0 atom stereocenters. The SMILES string of the molecule is COc1ccc(NC(=O)c2c(-c3c(Cl)cccc3Cl)noc2C)cc1C(=O)Nc1ccccc1. The van der Waals surface area contributed by atoms with Crippen LogP contribution in [0.4, 0.5) is 11.4 Å². The van der Waals surface area contributed by atoms with E-state index in [1.165, 1.54) is 13.2 Å². The van der Waals surface area contributed by atoms with Gasteiger partial charge in [-0.1, -0.05) is 52.6 Å². The molecule has 4 aromatic rings. The summed E-state index contributed by atoms with van der Waals surface area (Å²) in [5, 5.41) is 10.3. The van der Waals surface area contributed by atoms with Gasteiger partial charge >= 0.3 is 0 Å². The van der Waals surface area contributed by atoms with Crippen molar-refractivity contribution in [2.45, 2.75) is 6.92 Å². The summed E-state index contributed by atoms with van der Waals surface area (Å²) in [4.78, 5) is 26.1. The second-order valence-electron chi connectivity index (χ2n) is 7.25. The van der Waals surface area contributed by atoms with E-state index in [4.69, 9.17) is 32.5 Å². The number of carbonyl (C=O) groups excluding carboxylic acids is 2. The zero-order chi connectivity index (χ0) is 24.2. The molecule has 1 aromatic heterocycles. The van der Waals surface area contributed by atoms with Crippen molar-refractivity contribution in [3.8, 4) is 17.0 Å². The monoisotopic (exact) mass is 495 g/mol. The summed E-state index contributed by atoms with van der Waals surface area (Å²) in [5.74, 6) is -0.233. The molecule has 0 fully saturated rings. The van der Waals surface area contributed by atoms with Crippen LogP contribution < -0.4 is 15.4 Å². The molecule has 0 saturated carbocycles. The van der Waals surface area contributed by atoms with Crippen molar-refractivity contribution in [2.75, 3.05) is 17.7 Å². The van der Waals surface area contributed by atoms with E-state index < -0.39 is 5.91 Å². The van der Waals surface area contributed by atoms with Crippen molar-refractivity contribution in [2.24, 2.45) is 0 Å². The molecule has 0 saturated heterocycles. The van der Waals surface area contributed by atoms with Crippen molar-refractivity contribution >= 4 is 46.4 Å². The normalized spacial score (nSPS) is 10.6. The van der Waals surface area contributed by atoms with Crippen LogP contribution in [0.15, 0.2) is 71.3 Å². The molecule has 1 heterocycles. The molecule has 4 rings (SSSR count).